The molecule has 1 unspecified atom stereocenters. The molecule has 0 heterocycles. The number of hydrogen-bond donors (Lipinski definition) is 2. The van der Waals surface area contributed by atoms with Crippen molar-refractivity contribution in [1.29, 1.82) is 0 Å². The highest BCUT2D eigenvalue weighted by atomic mass is 127. The van der Waals surface area contributed by atoms with E-state index in [2.05, 4.69) is 10.1 Å². The Morgan fingerprint density at radius 3 is 2.78 bits per heavy atom. The molecule has 0 radical (unpaired) electrons. The van der Waals surface area contributed by atoms with Crippen molar-refractivity contribution in [2.24, 2.45) is 0 Å². The Labute approximate surface area is 119 Å². The van der Waals surface area contributed by atoms with Crippen molar-refractivity contribution in [2.75, 3.05) is 13.7 Å². The third-order valence-electron chi connectivity index (χ3n) is 2.38. The van der Waals surface area contributed by atoms with Gasteiger partial charge in [0.1, 0.15) is 9.67 Å². The lowest BCUT2D eigenvalue weighted by atomic mass is 10.1. The first-order chi connectivity index (χ1) is 8.47. The lowest BCUT2D eigenvalue weighted by molar-refractivity contribution is -0.139. The molecule has 0 aliphatic carbocycles. The summed E-state index contributed by atoms with van der Waals surface area (Å²) in [5.41, 5.74) is 0.824. The average Bonchev–Trinajstić information content (AvgIpc) is 2.37. The highest BCUT2D eigenvalue weighted by molar-refractivity contribution is 14.1. The third kappa shape index (κ3) is 3.59. The monoisotopic (exact) mass is 363 g/mol. The van der Waals surface area contributed by atoms with Gasteiger partial charge in [-0.1, -0.05) is 34.7 Å². The van der Waals surface area contributed by atoms with Crippen molar-refractivity contribution >= 4 is 34.5 Å². The van der Waals surface area contributed by atoms with Crippen LogP contribution in [0.2, 0.25) is 0 Å². The molecular formula is C12H14INO4. The van der Waals surface area contributed by atoms with Gasteiger partial charge in [-0.05, 0) is 18.6 Å². The predicted molar refractivity (Wildman–Crippen MR) is 75.0 cm³/mol. The van der Waals surface area contributed by atoms with E-state index in [9.17, 15) is 14.7 Å². The fraction of sp³-hybridized carbons (Fsp3) is 0.333. The number of phenols is 1. The molecule has 0 saturated carbocycles. The van der Waals surface area contributed by atoms with Crippen molar-refractivity contribution in [3.63, 3.8) is 0 Å². The van der Waals surface area contributed by atoms with Crippen LogP contribution in [0.3, 0.4) is 0 Å². The molecule has 6 heteroatoms. The van der Waals surface area contributed by atoms with E-state index in [-0.39, 0.29) is 17.9 Å². The molecule has 1 rings (SSSR count). The maximum atomic E-state index is 11.8. The summed E-state index contributed by atoms with van der Waals surface area (Å²) >= 11 is 1.88. The number of esters is 1. The largest absolute Gasteiger partial charge is 0.507 e. The molecule has 5 nitrogen and oxygen atoms in total. The Balaban J connectivity index is 2.66. The van der Waals surface area contributed by atoms with Gasteiger partial charge in [0.05, 0.1) is 12.7 Å². The number of amides is 1. The molecule has 98 valence electrons. The number of nitrogens with one attached hydrogen (secondary N) is 1. The van der Waals surface area contributed by atoms with E-state index in [4.69, 9.17) is 0 Å². The van der Waals surface area contributed by atoms with Gasteiger partial charge in [0.25, 0.3) is 5.91 Å². The molecule has 0 fully saturated rings. The lowest BCUT2D eigenvalue weighted by Gasteiger charge is -2.10. The third-order valence-corrected chi connectivity index (χ3v) is 3.33. The van der Waals surface area contributed by atoms with E-state index in [1.54, 1.807) is 19.1 Å². The summed E-state index contributed by atoms with van der Waals surface area (Å²) in [6.45, 7) is 1.86. The summed E-state index contributed by atoms with van der Waals surface area (Å²) in [6, 6.07) is 4.92. The van der Waals surface area contributed by atoms with Crippen LogP contribution in [-0.2, 0) is 9.53 Å². The number of alkyl halides is 1. The van der Waals surface area contributed by atoms with Gasteiger partial charge >= 0.3 is 5.97 Å². The van der Waals surface area contributed by atoms with Crippen LogP contribution < -0.4 is 5.32 Å². The highest BCUT2D eigenvalue weighted by Gasteiger charge is 2.18. The normalized spacial score (nSPS) is 11.7. The van der Waals surface area contributed by atoms with Gasteiger partial charge in [0.15, 0.2) is 0 Å². The summed E-state index contributed by atoms with van der Waals surface area (Å²) in [5, 5.41) is 12.3. The molecule has 0 aliphatic heterocycles. The van der Waals surface area contributed by atoms with Gasteiger partial charge in [-0.15, -0.1) is 0 Å². The van der Waals surface area contributed by atoms with Crippen LogP contribution in [-0.4, -0.2) is 34.6 Å². The smallest absolute Gasteiger partial charge is 0.320 e. The maximum Gasteiger partial charge on any atom is 0.320 e. The molecule has 0 saturated heterocycles. The van der Waals surface area contributed by atoms with E-state index in [1.165, 1.54) is 13.2 Å². The lowest BCUT2D eigenvalue weighted by Crippen LogP contribution is -2.33. The topological polar surface area (TPSA) is 75.6 Å². The summed E-state index contributed by atoms with van der Waals surface area (Å²) in [6.07, 6.45) is 0. The minimum atomic E-state index is -0.455. The van der Waals surface area contributed by atoms with Crippen LogP contribution in [0.4, 0.5) is 0 Å². The number of aryl methyl sites for hydroxylation is 1. The first kappa shape index (κ1) is 14.7. The molecule has 0 spiro atoms. The minimum absolute atomic E-state index is 0.0434. The summed E-state index contributed by atoms with van der Waals surface area (Å²) in [5.74, 6) is -0.857. The average molecular weight is 363 g/mol. The van der Waals surface area contributed by atoms with Gasteiger partial charge in [-0.2, -0.15) is 0 Å². The number of benzene rings is 1. The minimum Gasteiger partial charge on any atom is -0.507 e. The fourth-order valence-corrected chi connectivity index (χ4v) is 1.81. The van der Waals surface area contributed by atoms with Gasteiger partial charge in [-0.3, -0.25) is 9.59 Å². The zero-order valence-corrected chi connectivity index (χ0v) is 12.2. The van der Waals surface area contributed by atoms with E-state index in [0.29, 0.717) is 5.56 Å². The van der Waals surface area contributed by atoms with Crippen LogP contribution in [0.15, 0.2) is 18.2 Å². The number of rotatable bonds is 4. The zero-order valence-electron chi connectivity index (χ0n) is 10.1. The Bertz CT molecular complexity index is 461. The molecule has 0 bridgehead atoms. The first-order valence-electron chi connectivity index (χ1n) is 5.26. The Morgan fingerprint density at radius 2 is 2.17 bits per heavy atom. The van der Waals surface area contributed by atoms with Crippen LogP contribution in [0.5, 0.6) is 5.75 Å². The molecule has 1 aromatic rings. The number of halogens is 1. The van der Waals surface area contributed by atoms with E-state index in [0.717, 1.165) is 0 Å². The summed E-state index contributed by atoms with van der Waals surface area (Å²) in [7, 11) is 1.29. The van der Waals surface area contributed by atoms with Gasteiger partial charge in [0, 0.05) is 6.54 Å². The number of methoxy groups -OCH3 is 1. The Kier molecular flexibility index (Phi) is 5.39. The molecule has 0 aromatic heterocycles. The number of para-hydroxylation sites is 1. The molecular weight excluding hydrogens is 349 g/mol. The highest BCUT2D eigenvalue weighted by Crippen LogP contribution is 2.21. The molecule has 1 atom stereocenters. The van der Waals surface area contributed by atoms with Gasteiger partial charge < -0.3 is 15.2 Å². The quantitative estimate of drug-likeness (QED) is 0.482. The number of hydrogen-bond acceptors (Lipinski definition) is 4. The van der Waals surface area contributed by atoms with Crippen molar-refractivity contribution in [2.45, 2.75) is 10.8 Å². The Hall–Kier alpha value is -1.31. The van der Waals surface area contributed by atoms with Crippen molar-refractivity contribution in [1.82, 2.24) is 5.32 Å². The second-order valence-corrected chi connectivity index (χ2v) is 5.18. The predicted octanol–water partition coefficient (Wildman–Crippen LogP) is 1.41. The van der Waals surface area contributed by atoms with E-state index >= 15 is 0 Å². The number of aromatic hydroxyl groups is 1. The number of ether oxygens (including phenoxy) is 1. The summed E-state index contributed by atoms with van der Waals surface area (Å²) < 4.78 is 4.09. The van der Waals surface area contributed by atoms with Crippen molar-refractivity contribution < 1.29 is 19.4 Å². The maximum absolute atomic E-state index is 11.8. The second-order valence-electron chi connectivity index (χ2n) is 3.67. The Morgan fingerprint density at radius 1 is 1.50 bits per heavy atom. The number of carbonyl (C=O) groups is 2. The molecule has 1 amide bonds. The number of phenolic OH excluding ortho intramolecular Hbond substituents is 1. The van der Waals surface area contributed by atoms with Gasteiger partial charge in [0.2, 0.25) is 0 Å². The number of carbonyl (C=O) groups excluding carboxylic acids is 2. The van der Waals surface area contributed by atoms with Crippen molar-refractivity contribution in [3.05, 3.63) is 29.3 Å². The SMILES string of the molecule is COC(=O)C(I)CNC(=O)c1cccc(C)c1O. The van der Waals surface area contributed by atoms with E-state index in [1.807, 2.05) is 22.6 Å². The second kappa shape index (κ2) is 6.58. The molecule has 2 N–H and O–H groups in total. The van der Waals surface area contributed by atoms with Gasteiger partial charge in [-0.25, -0.2) is 0 Å². The zero-order chi connectivity index (χ0) is 13.7. The standard InChI is InChI=1S/C12H14INO4/c1-7-4-3-5-8(10(7)15)11(16)14-6-9(13)12(17)18-2/h3-5,9,15H,6H2,1-2H3,(H,14,16). The van der Waals surface area contributed by atoms with E-state index < -0.39 is 15.8 Å². The van der Waals surface area contributed by atoms with Crippen LogP contribution in [0.1, 0.15) is 15.9 Å². The molecule has 18 heavy (non-hydrogen) atoms. The fourth-order valence-electron chi connectivity index (χ4n) is 1.33. The van der Waals surface area contributed by atoms with Crippen molar-refractivity contribution in [3.8, 4) is 5.75 Å². The van der Waals surface area contributed by atoms with Crippen LogP contribution in [0.25, 0.3) is 0 Å². The first-order valence-corrected chi connectivity index (χ1v) is 6.50. The molecule has 0 aliphatic rings. The summed E-state index contributed by atoms with van der Waals surface area (Å²) in [4.78, 5) is 23.0. The van der Waals surface area contributed by atoms with Crippen LogP contribution in [0, 0.1) is 6.92 Å². The van der Waals surface area contributed by atoms with Crippen LogP contribution >= 0.6 is 22.6 Å². The molecule has 1 aromatic carbocycles.